The van der Waals surface area contributed by atoms with E-state index >= 15 is 0 Å². The monoisotopic (exact) mass is 343 g/mol. The zero-order valence-corrected chi connectivity index (χ0v) is 14.8. The van der Waals surface area contributed by atoms with Crippen molar-refractivity contribution in [3.63, 3.8) is 0 Å². The Labute approximate surface area is 135 Å². The molecule has 0 aliphatic heterocycles. The maximum absolute atomic E-state index is 4.74. The molecule has 0 bridgehead atoms. The fourth-order valence-electron chi connectivity index (χ4n) is 3.25. The highest BCUT2D eigenvalue weighted by Crippen LogP contribution is 2.46. The molecule has 0 unspecified atom stereocenters. The van der Waals surface area contributed by atoms with Crippen molar-refractivity contribution in [3.8, 4) is 11.3 Å². The van der Waals surface area contributed by atoms with Gasteiger partial charge in [0.1, 0.15) is 0 Å². The second-order valence-electron chi connectivity index (χ2n) is 7.39. The predicted molar refractivity (Wildman–Crippen MR) is 92.7 cm³/mol. The van der Waals surface area contributed by atoms with E-state index in [1.54, 1.807) is 0 Å². The first kappa shape index (κ1) is 14.8. The molecule has 1 aliphatic carbocycles. The Hall–Kier alpha value is -1.15. The van der Waals surface area contributed by atoms with Gasteiger partial charge in [0.05, 0.1) is 5.69 Å². The molecule has 3 rings (SSSR count). The van der Waals surface area contributed by atoms with Gasteiger partial charge in [0, 0.05) is 16.2 Å². The van der Waals surface area contributed by atoms with Crippen LogP contribution >= 0.6 is 15.9 Å². The minimum Gasteiger partial charge on any atom is -0.256 e. The average Bonchev–Trinajstić information content (AvgIpc) is 2.44. The summed E-state index contributed by atoms with van der Waals surface area (Å²) in [6.07, 6.45) is 4.56. The summed E-state index contributed by atoms with van der Waals surface area (Å²) in [5, 5.41) is 0. The van der Waals surface area contributed by atoms with Crippen molar-refractivity contribution in [1.29, 1.82) is 0 Å². The van der Waals surface area contributed by atoms with Gasteiger partial charge in [-0.15, -0.1) is 0 Å². The third kappa shape index (κ3) is 2.66. The van der Waals surface area contributed by atoms with Crippen molar-refractivity contribution in [3.05, 3.63) is 52.1 Å². The van der Waals surface area contributed by atoms with E-state index in [4.69, 9.17) is 4.98 Å². The summed E-state index contributed by atoms with van der Waals surface area (Å²) in [6.45, 7) is 9.38. The molecule has 110 valence electrons. The number of hydrogen-bond donors (Lipinski definition) is 0. The van der Waals surface area contributed by atoms with E-state index in [2.05, 4.69) is 80.2 Å². The molecule has 2 aromatic rings. The van der Waals surface area contributed by atoms with Crippen LogP contribution in [-0.2, 0) is 10.8 Å². The van der Waals surface area contributed by atoms with Gasteiger partial charge >= 0.3 is 0 Å². The molecule has 0 fully saturated rings. The number of aromatic nitrogens is 1. The molecule has 0 saturated carbocycles. The number of rotatable bonds is 1. The van der Waals surface area contributed by atoms with E-state index in [-0.39, 0.29) is 10.8 Å². The second-order valence-corrected chi connectivity index (χ2v) is 8.31. The summed E-state index contributed by atoms with van der Waals surface area (Å²) in [5.74, 6) is 0. The van der Waals surface area contributed by atoms with E-state index in [0.29, 0.717) is 0 Å². The van der Waals surface area contributed by atoms with E-state index in [1.807, 2.05) is 0 Å². The normalized spacial score (nSPS) is 19.1. The molecule has 1 aliphatic rings. The van der Waals surface area contributed by atoms with Gasteiger partial charge < -0.3 is 0 Å². The van der Waals surface area contributed by atoms with E-state index in [0.717, 1.165) is 10.2 Å². The largest absolute Gasteiger partial charge is 0.256 e. The zero-order valence-electron chi connectivity index (χ0n) is 13.2. The molecule has 0 radical (unpaired) electrons. The lowest BCUT2D eigenvalue weighted by molar-refractivity contribution is 0.331. The van der Waals surface area contributed by atoms with Gasteiger partial charge in [-0.25, -0.2) is 0 Å². The Morgan fingerprint density at radius 2 is 1.62 bits per heavy atom. The lowest BCUT2D eigenvalue weighted by atomic mass is 9.63. The Bertz CT molecular complexity index is 686. The van der Waals surface area contributed by atoms with Crippen LogP contribution in [0.3, 0.4) is 0 Å². The molecule has 1 aromatic heterocycles. The van der Waals surface area contributed by atoms with Crippen LogP contribution in [-0.4, -0.2) is 4.98 Å². The molecule has 0 saturated heterocycles. The van der Waals surface area contributed by atoms with Crippen LogP contribution in [0.1, 0.15) is 51.7 Å². The fraction of sp³-hybridized carbons (Fsp3) is 0.421. The van der Waals surface area contributed by atoms with Crippen LogP contribution in [0.25, 0.3) is 11.3 Å². The smallest absolute Gasteiger partial charge is 0.0705 e. The maximum atomic E-state index is 4.74. The third-order valence-electron chi connectivity index (χ3n) is 4.86. The van der Waals surface area contributed by atoms with Gasteiger partial charge in [-0.3, -0.25) is 4.98 Å². The molecule has 1 aromatic carbocycles. The van der Waals surface area contributed by atoms with Gasteiger partial charge in [-0.05, 0) is 53.0 Å². The fourth-order valence-corrected chi connectivity index (χ4v) is 3.65. The highest BCUT2D eigenvalue weighted by Gasteiger charge is 2.37. The molecular formula is C19H22BrN. The maximum Gasteiger partial charge on any atom is 0.0705 e. The molecular weight excluding hydrogens is 322 g/mol. The minimum absolute atomic E-state index is 0.230. The second kappa shape index (κ2) is 4.95. The molecule has 1 heterocycles. The van der Waals surface area contributed by atoms with Gasteiger partial charge in [-0.1, -0.05) is 55.8 Å². The summed E-state index contributed by atoms with van der Waals surface area (Å²) in [7, 11) is 0. The van der Waals surface area contributed by atoms with Gasteiger partial charge in [0.15, 0.2) is 0 Å². The third-order valence-corrected chi connectivity index (χ3v) is 5.35. The Morgan fingerprint density at radius 3 is 2.29 bits per heavy atom. The predicted octanol–water partition coefficient (Wildman–Crippen LogP) is 5.86. The molecule has 1 nitrogen and oxygen atoms in total. The van der Waals surface area contributed by atoms with E-state index in [9.17, 15) is 0 Å². The van der Waals surface area contributed by atoms with Crippen LogP contribution in [0.5, 0.6) is 0 Å². The summed E-state index contributed by atoms with van der Waals surface area (Å²) in [6, 6.07) is 10.7. The number of fused-ring (bicyclic) bond motifs is 1. The lowest BCUT2D eigenvalue weighted by Gasteiger charge is -2.41. The number of halogens is 1. The van der Waals surface area contributed by atoms with Crippen molar-refractivity contribution in [2.24, 2.45) is 0 Å². The Balaban J connectivity index is 2.16. The van der Waals surface area contributed by atoms with E-state index in [1.165, 1.54) is 29.5 Å². The van der Waals surface area contributed by atoms with Gasteiger partial charge in [0.2, 0.25) is 0 Å². The summed E-state index contributed by atoms with van der Waals surface area (Å²) in [4.78, 5) is 4.74. The van der Waals surface area contributed by atoms with Crippen LogP contribution in [0.15, 0.2) is 41.0 Å². The SMILES string of the molecule is CC1(C)CCC(C)(C)c2cc(-c3cccc(Br)c3)ncc21. The summed E-state index contributed by atoms with van der Waals surface area (Å²) < 4.78 is 1.10. The number of hydrogen-bond acceptors (Lipinski definition) is 1. The Morgan fingerprint density at radius 1 is 0.952 bits per heavy atom. The minimum atomic E-state index is 0.230. The molecule has 2 heteroatoms. The first-order chi connectivity index (χ1) is 9.79. The van der Waals surface area contributed by atoms with Crippen molar-refractivity contribution < 1.29 is 0 Å². The first-order valence-electron chi connectivity index (χ1n) is 7.57. The van der Waals surface area contributed by atoms with Crippen LogP contribution in [0, 0.1) is 0 Å². The summed E-state index contributed by atoms with van der Waals surface area (Å²) in [5.41, 5.74) is 5.58. The van der Waals surface area contributed by atoms with E-state index < -0.39 is 0 Å². The molecule has 0 spiro atoms. The van der Waals surface area contributed by atoms with Crippen molar-refractivity contribution in [2.75, 3.05) is 0 Å². The van der Waals surface area contributed by atoms with Crippen LogP contribution in [0.4, 0.5) is 0 Å². The molecule has 0 atom stereocenters. The van der Waals surface area contributed by atoms with Crippen molar-refractivity contribution in [1.82, 2.24) is 4.98 Å². The highest BCUT2D eigenvalue weighted by molar-refractivity contribution is 9.10. The summed E-state index contributed by atoms with van der Waals surface area (Å²) >= 11 is 3.55. The van der Waals surface area contributed by atoms with Gasteiger partial charge in [0.25, 0.3) is 0 Å². The first-order valence-corrected chi connectivity index (χ1v) is 8.36. The quantitative estimate of drug-likeness (QED) is 0.631. The molecule has 0 N–H and O–H groups in total. The standard InChI is InChI=1S/C19H22BrN/c1-18(2)8-9-19(3,4)16-12-21-17(11-15(16)18)13-6-5-7-14(20)10-13/h5-7,10-12H,8-9H2,1-4H3. The average molecular weight is 344 g/mol. The number of benzene rings is 1. The van der Waals surface area contributed by atoms with Crippen LogP contribution < -0.4 is 0 Å². The van der Waals surface area contributed by atoms with Crippen LogP contribution in [0.2, 0.25) is 0 Å². The van der Waals surface area contributed by atoms with Crippen molar-refractivity contribution >= 4 is 15.9 Å². The topological polar surface area (TPSA) is 12.9 Å². The van der Waals surface area contributed by atoms with Gasteiger partial charge in [-0.2, -0.15) is 0 Å². The number of nitrogens with zero attached hydrogens (tertiary/aromatic N) is 1. The highest BCUT2D eigenvalue weighted by atomic mass is 79.9. The van der Waals surface area contributed by atoms with Crippen molar-refractivity contribution in [2.45, 2.75) is 51.4 Å². The lowest BCUT2D eigenvalue weighted by Crippen LogP contribution is -2.34. The zero-order chi connectivity index (χ0) is 15.3. The molecule has 21 heavy (non-hydrogen) atoms. The molecule has 0 amide bonds. The Kier molecular flexibility index (Phi) is 3.48. The number of pyridine rings is 1.